The van der Waals surface area contributed by atoms with Gasteiger partial charge in [-0.05, 0) is 36.4 Å². The van der Waals surface area contributed by atoms with Gasteiger partial charge in [0.05, 0.1) is 11.3 Å². The van der Waals surface area contributed by atoms with Crippen molar-refractivity contribution in [2.45, 2.75) is 33.1 Å². The van der Waals surface area contributed by atoms with Crippen molar-refractivity contribution in [1.29, 1.82) is 0 Å². The Morgan fingerprint density at radius 3 is 2.54 bits per heavy atom. The molecule has 0 amide bonds. The SMILES string of the molecule is CCCC(CC)C(=O)Oc1ccc2c(c1)oc(=O)c1ccccc12. The van der Waals surface area contributed by atoms with E-state index in [1.807, 2.05) is 32.0 Å². The first-order chi connectivity index (χ1) is 11.6. The lowest BCUT2D eigenvalue weighted by molar-refractivity contribution is -0.139. The quantitative estimate of drug-likeness (QED) is 0.296. The van der Waals surface area contributed by atoms with Crippen molar-refractivity contribution in [3.63, 3.8) is 0 Å². The van der Waals surface area contributed by atoms with E-state index in [2.05, 4.69) is 0 Å². The van der Waals surface area contributed by atoms with Crippen LogP contribution in [-0.2, 0) is 4.79 Å². The zero-order valence-corrected chi connectivity index (χ0v) is 13.9. The van der Waals surface area contributed by atoms with Crippen molar-refractivity contribution >= 4 is 27.7 Å². The van der Waals surface area contributed by atoms with Crippen LogP contribution in [0.25, 0.3) is 21.7 Å². The van der Waals surface area contributed by atoms with Gasteiger partial charge < -0.3 is 9.15 Å². The van der Waals surface area contributed by atoms with E-state index in [1.165, 1.54) is 0 Å². The monoisotopic (exact) mass is 324 g/mol. The number of esters is 1. The molecule has 0 spiro atoms. The highest BCUT2D eigenvalue weighted by Gasteiger charge is 2.18. The highest BCUT2D eigenvalue weighted by atomic mass is 16.5. The molecule has 0 saturated carbocycles. The van der Waals surface area contributed by atoms with E-state index in [9.17, 15) is 9.59 Å². The molecule has 0 radical (unpaired) electrons. The molecule has 2 aromatic carbocycles. The lowest BCUT2D eigenvalue weighted by Gasteiger charge is -2.13. The summed E-state index contributed by atoms with van der Waals surface area (Å²) in [7, 11) is 0. The third-order valence-electron chi connectivity index (χ3n) is 4.27. The van der Waals surface area contributed by atoms with Gasteiger partial charge in [0, 0.05) is 11.5 Å². The van der Waals surface area contributed by atoms with Crippen LogP contribution in [-0.4, -0.2) is 5.97 Å². The molecule has 3 rings (SSSR count). The second-order valence-corrected chi connectivity index (χ2v) is 5.91. The molecule has 124 valence electrons. The number of rotatable bonds is 5. The maximum absolute atomic E-state index is 12.2. The lowest BCUT2D eigenvalue weighted by atomic mass is 10.0. The molecule has 3 aromatic rings. The summed E-state index contributed by atoms with van der Waals surface area (Å²) in [5.41, 5.74) is 0.0338. The smallest absolute Gasteiger partial charge is 0.344 e. The average molecular weight is 324 g/mol. The van der Waals surface area contributed by atoms with Crippen LogP contribution in [0.4, 0.5) is 0 Å². The van der Waals surface area contributed by atoms with Gasteiger partial charge in [-0.25, -0.2) is 4.79 Å². The third kappa shape index (κ3) is 3.04. The van der Waals surface area contributed by atoms with Gasteiger partial charge in [-0.1, -0.05) is 38.5 Å². The minimum atomic E-state index is -0.390. The van der Waals surface area contributed by atoms with E-state index < -0.39 is 0 Å². The number of fused-ring (bicyclic) bond motifs is 3. The van der Waals surface area contributed by atoms with E-state index in [0.29, 0.717) is 16.7 Å². The van der Waals surface area contributed by atoms with E-state index in [0.717, 1.165) is 30.0 Å². The van der Waals surface area contributed by atoms with Crippen molar-refractivity contribution in [2.75, 3.05) is 0 Å². The van der Waals surface area contributed by atoms with Crippen LogP contribution >= 0.6 is 0 Å². The number of hydrogen-bond donors (Lipinski definition) is 0. The van der Waals surface area contributed by atoms with Gasteiger partial charge in [0.1, 0.15) is 11.3 Å². The Kier molecular flexibility index (Phi) is 4.65. The highest BCUT2D eigenvalue weighted by molar-refractivity contribution is 6.04. The molecule has 0 N–H and O–H groups in total. The maximum Gasteiger partial charge on any atom is 0.344 e. The summed E-state index contributed by atoms with van der Waals surface area (Å²) < 4.78 is 10.9. The predicted molar refractivity (Wildman–Crippen MR) is 94.3 cm³/mol. The summed E-state index contributed by atoms with van der Waals surface area (Å²) in [6.07, 6.45) is 2.49. The molecule has 1 heterocycles. The van der Waals surface area contributed by atoms with Crippen molar-refractivity contribution in [3.05, 3.63) is 52.9 Å². The Balaban J connectivity index is 1.99. The molecule has 0 aliphatic heterocycles. The number of hydrogen-bond acceptors (Lipinski definition) is 4. The normalized spacial score (nSPS) is 12.4. The van der Waals surface area contributed by atoms with Crippen LogP contribution in [0.5, 0.6) is 5.75 Å². The van der Waals surface area contributed by atoms with Gasteiger partial charge in [-0.3, -0.25) is 4.79 Å². The first kappa shape index (κ1) is 16.2. The average Bonchev–Trinajstić information content (AvgIpc) is 2.59. The predicted octanol–water partition coefficient (Wildman–Crippen LogP) is 4.68. The molecule has 1 aromatic heterocycles. The first-order valence-electron chi connectivity index (χ1n) is 8.31. The molecule has 0 saturated heterocycles. The van der Waals surface area contributed by atoms with Gasteiger partial charge in [0.25, 0.3) is 0 Å². The lowest BCUT2D eigenvalue weighted by Crippen LogP contribution is -2.19. The second-order valence-electron chi connectivity index (χ2n) is 5.91. The van der Waals surface area contributed by atoms with Crippen LogP contribution in [0.2, 0.25) is 0 Å². The fourth-order valence-corrected chi connectivity index (χ4v) is 2.96. The van der Waals surface area contributed by atoms with Crippen molar-refractivity contribution < 1.29 is 13.9 Å². The van der Waals surface area contributed by atoms with Gasteiger partial charge in [0.2, 0.25) is 0 Å². The summed E-state index contributed by atoms with van der Waals surface area (Å²) in [4.78, 5) is 24.3. The standard InChI is InChI=1S/C20H20O4/c1-3-7-13(4-2)19(21)23-14-10-11-16-15-8-5-6-9-17(15)20(22)24-18(16)12-14/h5-6,8-13H,3-4,7H2,1-2H3. The molecule has 0 aliphatic rings. The van der Waals surface area contributed by atoms with Crippen LogP contribution < -0.4 is 10.4 Å². The Labute approximate surface area is 140 Å². The summed E-state index contributed by atoms with van der Waals surface area (Å²) in [6, 6.07) is 12.5. The number of carbonyl (C=O) groups excluding carboxylic acids is 1. The van der Waals surface area contributed by atoms with Crippen LogP contribution in [0.15, 0.2) is 51.7 Å². The van der Waals surface area contributed by atoms with Crippen molar-refractivity contribution in [2.24, 2.45) is 5.92 Å². The number of benzene rings is 2. The Hall–Kier alpha value is -2.62. The topological polar surface area (TPSA) is 56.5 Å². The summed E-state index contributed by atoms with van der Waals surface area (Å²) in [5.74, 6) is 0.0663. The molecule has 0 fully saturated rings. The molecular formula is C20H20O4. The van der Waals surface area contributed by atoms with Crippen molar-refractivity contribution in [1.82, 2.24) is 0 Å². The van der Waals surface area contributed by atoms with Gasteiger partial charge in [-0.2, -0.15) is 0 Å². The Morgan fingerprint density at radius 1 is 1.08 bits per heavy atom. The Bertz CT molecular complexity index is 939. The van der Waals surface area contributed by atoms with Gasteiger partial charge >= 0.3 is 11.6 Å². The Morgan fingerprint density at radius 2 is 1.83 bits per heavy atom. The minimum absolute atomic E-state index is 0.102. The highest BCUT2D eigenvalue weighted by Crippen LogP contribution is 2.27. The van der Waals surface area contributed by atoms with E-state index >= 15 is 0 Å². The largest absolute Gasteiger partial charge is 0.426 e. The zero-order valence-electron chi connectivity index (χ0n) is 13.9. The van der Waals surface area contributed by atoms with Gasteiger partial charge in [0.15, 0.2) is 0 Å². The molecule has 24 heavy (non-hydrogen) atoms. The summed E-state index contributed by atoms with van der Waals surface area (Å²) >= 11 is 0. The summed E-state index contributed by atoms with van der Waals surface area (Å²) in [6.45, 7) is 4.03. The van der Waals surface area contributed by atoms with Gasteiger partial charge in [-0.15, -0.1) is 0 Å². The maximum atomic E-state index is 12.2. The number of ether oxygens (including phenoxy) is 1. The summed E-state index contributed by atoms with van der Waals surface area (Å²) in [5, 5.41) is 2.20. The second kappa shape index (κ2) is 6.87. The van der Waals surface area contributed by atoms with Crippen molar-refractivity contribution in [3.8, 4) is 5.75 Å². The molecule has 1 unspecified atom stereocenters. The van der Waals surface area contributed by atoms with Crippen LogP contribution in [0, 0.1) is 5.92 Å². The first-order valence-corrected chi connectivity index (χ1v) is 8.31. The van der Waals surface area contributed by atoms with Crippen LogP contribution in [0.1, 0.15) is 33.1 Å². The molecule has 0 aliphatic carbocycles. The molecular weight excluding hydrogens is 304 g/mol. The third-order valence-corrected chi connectivity index (χ3v) is 4.27. The minimum Gasteiger partial charge on any atom is -0.426 e. The molecule has 4 heteroatoms. The fraction of sp³-hybridized carbons (Fsp3) is 0.300. The van der Waals surface area contributed by atoms with E-state index in [1.54, 1.807) is 24.3 Å². The fourth-order valence-electron chi connectivity index (χ4n) is 2.96. The van der Waals surface area contributed by atoms with Crippen LogP contribution in [0.3, 0.4) is 0 Å². The zero-order chi connectivity index (χ0) is 17.1. The van der Waals surface area contributed by atoms with E-state index in [-0.39, 0.29) is 17.5 Å². The molecule has 1 atom stereocenters. The van der Waals surface area contributed by atoms with E-state index in [4.69, 9.17) is 9.15 Å². The molecule has 4 nitrogen and oxygen atoms in total. The number of carbonyl (C=O) groups is 1. The molecule has 0 bridgehead atoms.